The third-order valence-corrected chi connectivity index (χ3v) is 5.63. The molecule has 0 heterocycles. The molecule has 0 N–H and O–H groups in total. The zero-order valence-corrected chi connectivity index (χ0v) is 14.5. The van der Waals surface area contributed by atoms with Crippen LogP contribution in [0.2, 0.25) is 0 Å². The van der Waals surface area contributed by atoms with E-state index in [-0.39, 0.29) is 0 Å². The van der Waals surface area contributed by atoms with Crippen molar-refractivity contribution in [3.8, 4) is 5.75 Å². The van der Waals surface area contributed by atoms with Crippen LogP contribution in [0, 0.1) is 11.8 Å². The molecular weight excluding hydrogens is 372 g/mol. The summed E-state index contributed by atoms with van der Waals surface area (Å²) in [7, 11) is 1.68. The van der Waals surface area contributed by atoms with Gasteiger partial charge >= 0.3 is 0 Å². The lowest BCUT2D eigenvalue weighted by Crippen LogP contribution is -2.07. The molecule has 0 bridgehead atoms. The summed E-state index contributed by atoms with van der Waals surface area (Å²) in [6.07, 6.45) is 2.76. The van der Waals surface area contributed by atoms with Gasteiger partial charge in [0.25, 0.3) is 0 Å². The molecule has 106 valence electrons. The highest BCUT2D eigenvalue weighted by molar-refractivity contribution is 9.10. The lowest BCUT2D eigenvalue weighted by atomic mass is 9.96. The fourth-order valence-corrected chi connectivity index (χ4v) is 3.43. The third-order valence-electron chi connectivity index (χ3n) is 3.65. The second kappa shape index (κ2) is 7.09. The van der Waals surface area contributed by atoms with Crippen molar-refractivity contribution in [2.24, 2.45) is 11.8 Å². The molecule has 1 aromatic carbocycles. The Morgan fingerprint density at radius 2 is 2.05 bits per heavy atom. The van der Waals surface area contributed by atoms with E-state index in [4.69, 9.17) is 9.47 Å². The number of methoxy groups -OCH3 is 1. The lowest BCUT2D eigenvalue weighted by Gasteiger charge is -2.19. The molecule has 0 spiro atoms. The van der Waals surface area contributed by atoms with Crippen molar-refractivity contribution < 1.29 is 9.47 Å². The van der Waals surface area contributed by atoms with E-state index in [0.717, 1.165) is 16.1 Å². The summed E-state index contributed by atoms with van der Waals surface area (Å²) in [5.74, 6) is 2.45. The van der Waals surface area contributed by atoms with Gasteiger partial charge < -0.3 is 9.47 Å². The predicted octanol–water partition coefficient (Wildman–Crippen LogP) is 4.96. The molecular formula is C15H20Br2O2. The van der Waals surface area contributed by atoms with Crippen LogP contribution < -0.4 is 4.74 Å². The Kier molecular flexibility index (Phi) is 5.72. The zero-order valence-electron chi connectivity index (χ0n) is 11.4. The van der Waals surface area contributed by atoms with Gasteiger partial charge in [0.15, 0.2) is 0 Å². The number of hydrogen-bond donors (Lipinski definition) is 0. The van der Waals surface area contributed by atoms with E-state index >= 15 is 0 Å². The summed E-state index contributed by atoms with van der Waals surface area (Å²) in [6.45, 7) is 3.51. The van der Waals surface area contributed by atoms with E-state index in [9.17, 15) is 0 Å². The molecule has 1 saturated carbocycles. The van der Waals surface area contributed by atoms with Crippen LogP contribution in [-0.4, -0.2) is 20.3 Å². The Bertz CT molecular complexity index is 419. The molecule has 1 aliphatic rings. The second-order valence-corrected chi connectivity index (χ2v) is 6.97. The van der Waals surface area contributed by atoms with Crippen molar-refractivity contribution in [1.82, 2.24) is 0 Å². The standard InChI is InChI=1S/C15H20Br2O2/c1-10(11-3-4-11)15(17)12-5-6-14(13(16)9-12)19-8-7-18-2/h5-6,9-11,15H,3-4,7-8H2,1-2H3. The summed E-state index contributed by atoms with van der Waals surface area (Å²) in [5, 5.41) is 0. The van der Waals surface area contributed by atoms with Crippen molar-refractivity contribution in [2.75, 3.05) is 20.3 Å². The van der Waals surface area contributed by atoms with Gasteiger partial charge in [0, 0.05) is 11.9 Å². The quantitative estimate of drug-likeness (QED) is 0.483. The van der Waals surface area contributed by atoms with Crippen LogP contribution in [0.15, 0.2) is 22.7 Å². The first-order valence-corrected chi connectivity index (χ1v) is 8.39. The molecule has 2 unspecified atom stereocenters. The van der Waals surface area contributed by atoms with Crippen LogP contribution >= 0.6 is 31.9 Å². The number of rotatable bonds is 7. The Morgan fingerprint density at radius 3 is 2.63 bits per heavy atom. The summed E-state index contributed by atoms with van der Waals surface area (Å²) in [5.41, 5.74) is 1.31. The summed E-state index contributed by atoms with van der Waals surface area (Å²) < 4.78 is 11.6. The normalized spacial score (nSPS) is 18.1. The highest BCUT2D eigenvalue weighted by Gasteiger charge is 2.32. The lowest BCUT2D eigenvalue weighted by molar-refractivity contribution is 0.146. The topological polar surface area (TPSA) is 18.5 Å². The highest BCUT2D eigenvalue weighted by atomic mass is 79.9. The Labute approximate surface area is 132 Å². The van der Waals surface area contributed by atoms with Crippen molar-refractivity contribution in [3.63, 3.8) is 0 Å². The zero-order chi connectivity index (χ0) is 13.8. The van der Waals surface area contributed by atoms with Crippen molar-refractivity contribution in [1.29, 1.82) is 0 Å². The average molecular weight is 392 g/mol. The fraction of sp³-hybridized carbons (Fsp3) is 0.600. The molecule has 1 aromatic rings. The molecule has 2 atom stereocenters. The molecule has 2 rings (SSSR count). The van der Waals surface area contributed by atoms with Gasteiger partial charge in [0.2, 0.25) is 0 Å². The average Bonchev–Trinajstić information content (AvgIpc) is 3.23. The Morgan fingerprint density at radius 1 is 1.32 bits per heavy atom. The van der Waals surface area contributed by atoms with Gasteiger partial charge in [-0.2, -0.15) is 0 Å². The summed E-state index contributed by atoms with van der Waals surface area (Å²) in [6, 6.07) is 6.33. The van der Waals surface area contributed by atoms with Gasteiger partial charge in [-0.25, -0.2) is 0 Å². The van der Waals surface area contributed by atoms with E-state index < -0.39 is 0 Å². The monoisotopic (exact) mass is 390 g/mol. The highest BCUT2D eigenvalue weighted by Crippen LogP contribution is 2.46. The third kappa shape index (κ3) is 4.20. The maximum Gasteiger partial charge on any atom is 0.133 e. The minimum Gasteiger partial charge on any atom is -0.490 e. The first-order chi connectivity index (χ1) is 9.13. The fourth-order valence-electron chi connectivity index (χ4n) is 2.21. The molecule has 0 aromatic heterocycles. The van der Waals surface area contributed by atoms with E-state index in [1.54, 1.807) is 7.11 Å². The second-order valence-electron chi connectivity index (χ2n) is 5.13. The van der Waals surface area contributed by atoms with E-state index in [1.165, 1.54) is 18.4 Å². The van der Waals surface area contributed by atoms with Gasteiger partial charge in [-0.1, -0.05) is 28.9 Å². The number of benzene rings is 1. The summed E-state index contributed by atoms with van der Waals surface area (Å²) >= 11 is 7.42. The maximum atomic E-state index is 5.65. The SMILES string of the molecule is COCCOc1ccc(C(Br)C(C)C2CC2)cc1Br. The molecule has 0 amide bonds. The van der Waals surface area contributed by atoms with E-state index in [1.807, 2.05) is 6.07 Å². The maximum absolute atomic E-state index is 5.65. The van der Waals surface area contributed by atoms with Gasteiger partial charge in [0.05, 0.1) is 11.1 Å². The largest absolute Gasteiger partial charge is 0.490 e. The van der Waals surface area contributed by atoms with E-state index in [2.05, 4.69) is 50.9 Å². The number of ether oxygens (including phenoxy) is 2. The van der Waals surface area contributed by atoms with Gasteiger partial charge in [-0.3, -0.25) is 0 Å². The molecule has 19 heavy (non-hydrogen) atoms. The molecule has 0 saturated heterocycles. The minimum absolute atomic E-state index is 0.421. The first kappa shape index (κ1) is 15.3. The number of hydrogen-bond acceptors (Lipinski definition) is 2. The minimum atomic E-state index is 0.421. The van der Waals surface area contributed by atoms with Crippen molar-refractivity contribution in [3.05, 3.63) is 28.2 Å². The molecule has 4 heteroatoms. The molecule has 0 aliphatic heterocycles. The van der Waals surface area contributed by atoms with Crippen LogP contribution in [0.4, 0.5) is 0 Å². The number of halogens is 2. The van der Waals surface area contributed by atoms with Crippen LogP contribution in [-0.2, 0) is 4.74 Å². The predicted molar refractivity (Wildman–Crippen MR) is 85.1 cm³/mol. The van der Waals surface area contributed by atoms with Crippen LogP contribution in [0.25, 0.3) is 0 Å². The van der Waals surface area contributed by atoms with Crippen molar-refractivity contribution in [2.45, 2.75) is 24.6 Å². The van der Waals surface area contributed by atoms with Gasteiger partial charge in [-0.15, -0.1) is 0 Å². The molecule has 1 aliphatic carbocycles. The Balaban J connectivity index is 2.00. The summed E-state index contributed by atoms with van der Waals surface area (Å²) in [4.78, 5) is 0.421. The first-order valence-electron chi connectivity index (χ1n) is 6.68. The van der Waals surface area contributed by atoms with Gasteiger partial charge in [-0.05, 0) is 58.3 Å². The molecule has 1 fully saturated rings. The Hall–Kier alpha value is -0.0600. The van der Waals surface area contributed by atoms with E-state index in [0.29, 0.717) is 24.0 Å². The smallest absolute Gasteiger partial charge is 0.133 e. The van der Waals surface area contributed by atoms with Crippen LogP contribution in [0.3, 0.4) is 0 Å². The molecule has 2 nitrogen and oxygen atoms in total. The van der Waals surface area contributed by atoms with Crippen molar-refractivity contribution >= 4 is 31.9 Å². The van der Waals surface area contributed by atoms with Crippen LogP contribution in [0.1, 0.15) is 30.2 Å². The number of alkyl halides is 1. The molecule has 0 radical (unpaired) electrons. The van der Waals surface area contributed by atoms with Gasteiger partial charge in [0.1, 0.15) is 12.4 Å². The van der Waals surface area contributed by atoms with Crippen LogP contribution in [0.5, 0.6) is 5.75 Å².